The van der Waals surface area contributed by atoms with Crippen LogP contribution in [0.5, 0.6) is 0 Å². The van der Waals surface area contributed by atoms with Gasteiger partial charge in [0, 0.05) is 10.5 Å². The molecule has 0 radical (unpaired) electrons. The van der Waals surface area contributed by atoms with Gasteiger partial charge < -0.3 is 0 Å². The van der Waals surface area contributed by atoms with Crippen LogP contribution in [0.2, 0.25) is 0 Å². The Balaban J connectivity index is 2.14. The van der Waals surface area contributed by atoms with Crippen molar-refractivity contribution in [2.45, 2.75) is 50.0 Å². The monoisotopic (exact) mass is 144 g/mol. The van der Waals surface area contributed by atoms with E-state index in [1.54, 1.807) is 0 Å². The fourth-order valence-corrected chi connectivity index (χ4v) is 2.99. The first-order valence-electron chi connectivity index (χ1n) is 3.98. The summed E-state index contributed by atoms with van der Waals surface area (Å²) in [6.07, 6.45) is 5.73. The van der Waals surface area contributed by atoms with Gasteiger partial charge >= 0.3 is 0 Å². The summed E-state index contributed by atoms with van der Waals surface area (Å²) in [4.78, 5) is 0. The molecule has 1 rings (SSSR count). The minimum atomic E-state index is 0.946. The number of hydrogen-bond acceptors (Lipinski definition) is 1. The maximum atomic E-state index is 2.35. The van der Waals surface area contributed by atoms with Crippen LogP contribution in [-0.2, 0) is 0 Å². The lowest BCUT2D eigenvalue weighted by Crippen LogP contribution is -1.94. The van der Waals surface area contributed by atoms with E-state index >= 15 is 0 Å². The van der Waals surface area contributed by atoms with E-state index in [1.807, 2.05) is 0 Å². The third kappa shape index (κ3) is 2.21. The molecule has 1 heteroatoms. The van der Waals surface area contributed by atoms with Gasteiger partial charge in [-0.15, -0.1) is 0 Å². The molecule has 0 spiro atoms. The predicted molar refractivity (Wildman–Crippen MR) is 45.0 cm³/mol. The first-order valence-corrected chi connectivity index (χ1v) is 4.92. The molecule has 0 aromatic carbocycles. The molecule has 1 fully saturated rings. The maximum absolute atomic E-state index is 2.35. The fourth-order valence-electron chi connectivity index (χ4n) is 1.42. The van der Waals surface area contributed by atoms with E-state index in [-0.39, 0.29) is 0 Å². The van der Waals surface area contributed by atoms with Crippen molar-refractivity contribution in [2.75, 3.05) is 0 Å². The Hall–Kier alpha value is 0.350. The lowest BCUT2D eigenvalue weighted by atomic mass is 10.1. The summed E-state index contributed by atoms with van der Waals surface area (Å²) in [6.45, 7) is 4.63. The molecule has 0 bridgehead atoms. The summed E-state index contributed by atoms with van der Waals surface area (Å²) in [7, 11) is 0. The minimum absolute atomic E-state index is 0.946. The van der Waals surface area contributed by atoms with Gasteiger partial charge in [0.05, 0.1) is 0 Å². The summed E-state index contributed by atoms with van der Waals surface area (Å²) in [5.41, 5.74) is 0. The van der Waals surface area contributed by atoms with Gasteiger partial charge in [-0.3, -0.25) is 0 Å². The third-order valence-electron chi connectivity index (χ3n) is 1.93. The number of hydrogen-bond donors (Lipinski definition) is 0. The molecule has 0 aromatic heterocycles. The van der Waals surface area contributed by atoms with Crippen molar-refractivity contribution in [1.82, 2.24) is 0 Å². The normalized spacial score (nSPS) is 35.3. The summed E-state index contributed by atoms with van der Waals surface area (Å²) in [5, 5.41) is 1.95. The molecule has 1 saturated heterocycles. The van der Waals surface area contributed by atoms with Gasteiger partial charge in [-0.05, 0) is 19.3 Å². The summed E-state index contributed by atoms with van der Waals surface area (Å²) in [6, 6.07) is 0. The summed E-state index contributed by atoms with van der Waals surface area (Å²) >= 11 is 2.19. The first kappa shape index (κ1) is 7.46. The van der Waals surface area contributed by atoms with Crippen LogP contribution in [0, 0.1) is 0 Å². The highest BCUT2D eigenvalue weighted by Gasteiger charge is 2.20. The molecule has 2 atom stereocenters. The molecule has 9 heavy (non-hydrogen) atoms. The molecule has 2 unspecified atom stereocenters. The van der Waals surface area contributed by atoms with Gasteiger partial charge in [-0.25, -0.2) is 0 Å². The largest absolute Gasteiger partial charge is 0.155 e. The van der Waals surface area contributed by atoms with Crippen LogP contribution in [0.15, 0.2) is 0 Å². The minimum Gasteiger partial charge on any atom is -0.155 e. The highest BCUT2D eigenvalue weighted by atomic mass is 32.2. The zero-order valence-electron chi connectivity index (χ0n) is 6.39. The predicted octanol–water partition coefficient (Wildman–Crippen LogP) is 3.07. The van der Waals surface area contributed by atoms with Crippen molar-refractivity contribution < 1.29 is 0 Å². The molecule has 0 aliphatic carbocycles. The Morgan fingerprint density at radius 1 is 1.44 bits per heavy atom. The first-order chi connectivity index (χ1) is 4.33. The van der Waals surface area contributed by atoms with Gasteiger partial charge in [0.2, 0.25) is 0 Å². The highest BCUT2D eigenvalue weighted by molar-refractivity contribution is 8.00. The smallest absolute Gasteiger partial charge is 0.00500 e. The number of rotatable bonds is 2. The molecule has 0 saturated carbocycles. The Labute approximate surface area is 62.4 Å². The molecule has 0 aromatic rings. The second kappa shape index (κ2) is 3.50. The van der Waals surface area contributed by atoms with E-state index in [0.717, 1.165) is 10.5 Å². The van der Waals surface area contributed by atoms with Crippen LogP contribution >= 0.6 is 11.8 Å². The fraction of sp³-hybridized carbons (Fsp3) is 1.00. The van der Waals surface area contributed by atoms with Crippen LogP contribution in [0.25, 0.3) is 0 Å². The van der Waals surface area contributed by atoms with Gasteiger partial charge in [0.1, 0.15) is 0 Å². The standard InChI is InChI=1S/C8H16S/c1-3-4-8-6-5-7(2)9-8/h7-8H,3-6H2,1-2H3. The second-order valence-electron chi connectivity index (χ2n) is 2.93. The van der Waals surface area contributed by atoms with Crippen LogP contribution in [0.1, 0.15) is 39.5 Å². The van der Waals surface area contributed by atoms with E-state index in [9.17, 15) is 0 Å². The average molecular weight is 144 g/mol. The van der Waals surface area contributed by atoms with E-state index < -0.39 is 0 Å². The van der Waals surface area contributed by atoms with Crippen molar-refractivity contribution in [3.63, 3.8) is 0 Å². The van der Waals surface area contributed by atoms with Gasteiger partial charge in [-0.1, -0.05) is 20.3 Å². The quantitative estimate of drug-likeness (QED) is 0.574. The van der Waals surface area contributed by atoms with Crippen LogP contribution in [0.4, 0.5) is 0 Å². The molecule has 1 aliphatic heterocycles. The van der Waals surface area contributed by atoms with Crippen molar-refractivity contribution in [3.8, 4) is 0 Å². The van der Waals surface area contributed by atoms with E-state index in [4.69, 9.17) is 0 Å². The van der Waals surface area contributed by atoms with Crippen LogP contribution < -0.4 is 0 Å². The topological polar surface area (TPSA) is 0 Å². The molecule has 1 aliphatic rings. The third-order valence-corrected chi connectivity index (χ3v) is 3.49. The average Bonchev–Trinajstić information content (AvgIpc) is 2.17. The Kier molecular flexibility index (Phi) is 2.90. The maximum Gasteiger partial charge on any atom is 0.00500 e. The molecule has 54 valence electrons. The van der Waals surface area contributed by atoms with E-state index in [2.05, 4.69) is 25.6 Å². The zero-order valence-corrected chi connectivity index (χ0v) is 7.21. The van der Waals surface area contributed by atoms with Crippen molar-refractivity contribution in [1.29, 1.82) is 0 Å². The van der Waals surface area contributed by atoms with Crippen LogP contribution in [0.3, 0.4) is 0 Å². The molecular formula is C8H16S. The Morgan fingerprint density at radius 3 is 2.67 bits per heavy atom. The van der Waals surface area contributed by atoms with Crippen molar-refractivity contribution >= 4 is 11.8 Å². The Bertz CT molecular complexity index is 78.6. The SMILES string of the molecule is CCCC1CCC(C)S1. The molecule has 1 heterocycles. The molecule has 0 amide bonds. The molecule has 0 N–H and O–H groups in total. The second-order valence-corrected chi connectivity index (χ2v) is 4.68. The lowest BCUT2D eigenvalue weighted by Gasteiger charge is -2.05. The van der Waals surface area contributed by atoms with Crippen molar-refractivity contribution in [3.05, 3.63) is 0 Å². The zero-order chi connectivity index (χ0) is 6.69. The molecular weight excluding hydrogens is 128 g/mol. The number of thioether (sulfide) groups is 1. The van der Waals surface area contributed by atoms with E-state index in [1.165, 1.54) is 25.7 Å². The van der Waals surface area contributed by atoms with Gasteiger partial charge in [0.15, 0.2) is 0 Å². The van der Waals surface area contributed by atoms with Gasteiger partial charge in [0.25, 0.3) is 0 Å². The van der Waals surface area contributed by atoms with Gasteiger partial charge in [-0.2, -0.15) is 11.8 Å². The summed E-state index contributed by atoms with van der Waals surface area (Å²) < 4.78 is 0. The Morgan fingerprint density at radius 2 is 2.22 bits per heavy atom. The van der Waals surface area contributed by atoms with Crippen molar-refractivity contribution in [2.24, 2.45) is 0 Å². The van der Waals surface area contributed by atoms with E-state index in [0.29, 0.717) is 0 Å². The van der Waals surface area contributed by atoms with Crippen LogP contribution in [-0.4, -0.2) is 10.5 Å². The highest BCUT2D eigenvalue weighted by Crippen LogP contribution is 2.35. The lowest BCUT2D eigenvalue weighted by molar-refractivity contribution is 0.684. The molecule has 0 nitrogen and oxygen atoms in total. The summed E-state index contributed by atoms with van der Waals surface area (Å²) in [5.74, 6) is 0.